The summed E-state index contributed by atoms with van der Waals surface area (Å²) in [5, 5.41) is 8.59. The SMILES string of the molecule is Cc1ccc(CN2C=Cn3c(N)nnc3C2N)cc1Cl. The first kappa shape index (κ1) is 13.0. The maximum atomic E-state index is 6.18. The maximum Gasteiger partial charge on any atom is 0.226 e. The third kappa shape index (κ3) is 2.13. The van der Waals surface area contributed by atoms with Crippen LogP contribution in [0.15, 0.2) is 24.4 Å². The molecule has 0 aliphatic carbocycles. The van der Waals surface area contributed by atoms with Gasteiger partial charge in [0.2, 0.25) is 5.95 Å². The second-order valence-electron chi connectivity index (χ2n) is 4.79. The molecule has 7 heteroatoms. The van der Waals surface area contributed by atoms with Crippen LogP contribution in [0.1, 0.15) is 23.1 Å². The number of nitrogen functional groups attached to an aromatic ring is 1. The summed E-state index contributed by atoms with van der Waals surface area (Å²) in [6.07, 6.45) is 3.31. The highest BCUT2D eigenvalue weighted by Gasteiger charge is 2.24. The van der Waals surface area contributed by atoms with E-state index in [1.807, 2.05) is 42.4 Å². The van der Waals surface area contributed by atoms with Gasteiger partial charge in [-0.1, -0.05) is 23.7 Å². The van der Waals surface area contributed by atoms with Gasteiger partial charge in [-0.2, -0.15) is 0 Å². The Morgan fingerprint density at radius 1 is 1.30 bits per heavy atom. The molecule has 0 radical (unpaired) electrons. The first-order valence-corrected chi connectivity index (χ1v) is 6.59. The summed E-state index contributed by atoms with van der Waals surface area (Å²) < 4.78 is 1.68. The molecule has 104 valence electrons. The van der Waals surface area contributed by atoms with Crippen molar-refractivity contribution in [1.82, 2.24) is 19.7 Å². The van der Waals surface area contributed by atoms with Crippen LogP contribution in [0.4, 0.5) is 5.95 Å². The lowest BCUT2D eigenvalue weighted by Crippen LogP contribution is -2.34. The van der Waals surface area contributed by atoms with Crippen molar-refractivity contribution >= 4 is 23.7 Å². The molecule has 6 nitrogen and oxygen atoms in total. The van der Waals surface area contributed by atoms with E-state index >= 15 is 0 Å². The third-order valence-corrected chi connectivity index (χ3v) is 3.79. The predicted molar refractivity (Wildman–Crippen MR) is 78.4 cm³/mol. The molecule has 0 saturated heterocycles. The molecule has 1 unspecified atom stereocenters. The number of halogens is 1. The summed E-state index contributed by atoms with van der Waals surface area (Å²) in [4.78, 5) is 1.96. The van der Waals surface area contributed by atoms with E-state index in [1.54, 1.807) is 4.57 Å². The van der Waals surface area contributed by atoms with Gasteiger partial charge in [-0.05, 0) is 24.1 Å². The lowest BCUT2D eigenvalue weighted by atomic mass is 10.1. The van der Waals surface area contributed by atoms with E-state index in [0.717, 1.165) is 16.1 Å². The summed E-state index contributed by atoms with van der Waals surface area (Å²) in [5.41, 5.74) is 14.0. The van der Waals surface area contributed by atoms with Crippen LogP contribution in [0, 0.1) is 6.92 Å². The molecule has 4 N–H and O–H groups in total. The molecule has 2 aromatic rings. The highest BCUT2D eigenvalue weighted by molar-refractivity contribution is 6.31. The number of rotatable bonds is 2. The minimum atomic E-state index is -0.384. The average Bonchev–Trinajstić information content (AvgIpc) is 2.80. The van der Waals surface area contributed by atoms with E-state index in [1.165, 1.54) is 0 Å². The molecule has 0 saturated carbocycles. The van der Waals surface area contributed by atoms with Crippen LogP contribution in [-0.2, 0) is 6.54 Å². The Hall–Kier alpha value is -2.05. The Bertz CT molecular complexity index is 677. The van der Waals surface area contributed by atoms with Crippen LogP contribution in [-0.4, -0.2) is 19.7 Å². The van der Waals surface area contributed by atoms with Crippen LogP contribution >= 0.6 is 11.6 Å². The van der Waals surface area contributed by atoms with Crippen molar-refractivity contribution in [3.8, 4) is 0 Å². The van der Waals surface area contributed by atoms with Crippen LogP contribution < -0.4 is 11.5 Å². The molecule has 1 aliphatic rings. The van der Waals surface area contributed by atoms with Crippen molar-refractivity contribution < 1.29 is 0 Å². The van der Waals surface area contributed by atoms with Gasteiger partial charge in [0.15, 0.2) is 5.82 Å². The van der Waals surface area contributed by atoms with Gasteiger partial charge in [0, 0.05) is 24.0 Å². The lowest BCUT2D eigenvalue weighted by molar-refractivity contribution is 0.259. The largest absolute Gasteiger partial charge is 0.368 e. The molecule has 1 atom stereocenters. The van der Waals surface area contributed by atoms with Crippen LogP contribution in [0.2, 0.25) is 5.02 Å². The minimum Gasteiger partial charge on any atom is -0.368 e. The number of benzene rings is 1. The number of nitrogens with two attached hydrogens (primary N) is 2. The first-order chi connectivity index (χ1) is 9.56. The van der Waals surface area contributed by atoms with Crippen molar-refractivity contribution in [2.45, 2.75) is 19.6 Å². The van der Waals surface area contributed by atoms with Gasteiger partial charge in [0.05, 0.1) is 0 Å². The van der Waals surface area contributed by atoms with Crippen LogP contribution in [0.3, 0.4) is 0 Å². The molecule has 1 aromatic carbocycles. The summed E-state index contributed by atoms with van der Waals surface area (Å²) in [6, 6.07) is 5.98. The predicted octanol–water partition coefficient (Wildman–Crippen LogP) is 1.72. The topological polar surface area (TPSA) is 86.0 Å². The van der Waals surface area contributed by atoms with E-state index < -0.39 is 0 Å². The Morgan fingerprint density at radius 2 is 2.10 bits per heavy atom. The molecular weight excluding hydrogens is 276 g/mol. The minimum absolute atomic E-state index is 0.338. The Balaban J connectivity index is 1.84. The van der Waals surface area contributed by atoms with Crippen molar-refractivity contribution in [3.63, 3.8) is 0 Å². The Morgan fingerprint density at radius 3 is 2.85 bits per heavy atom. The Labute approximate surface area is 121 Å². The zero-order chi connectivity index (χ0) is 14.3. The number of anilines is 1. The summed E-state index contributed by atoms with van der Waals surface area (Å²) in [7, 11) is 0. The standard InChI is InChI=1S/C13H15ClN6/c1-8-2-3-9(6-10(8)14)7-19-4-5-20-12(11(19)15)17-18-13(20)16/h2-6,11H,7,15H2,1H3,(H2,16,18). The fourth-order valence-electron chi connectivity index (χ4n) is 2.16. The van der Waals surface area contributed by atoms with E-state index in [0.29, 0.717) is 18.3 Å². The third-order valence-electron chi connectivity index (χ3n) is 3.38. The molecule has 0 fully saturated rings. The number of aryl methyl sites for hydroxylation is 1. The molecule has 1 aromatic heterocycles. The molecule has 0 spiro atoms. The number of nitrogens with zero attached hydrogens (tertiary/aromatic N) is 4. The van der Waals surface area contributed by atoms with Gasteiger partial charge in [-0.25, -0.2) is 0 Å². The second-order valence-corrected chi connectivity index (χ2v) is 5.19. The smallest absolute Gasteiger partial charge is 0.226 e. The van der Waals surface area contributed by atoms with Gasteiger partial charge in [-0.3, -0.25) is 4.57 Å². The van der Waals surface area contributed by atoms with Crippen molar-refractivity contribution in [2.24, 2.45) is 5.73 Å². The zero-order valence-corrected chi connectivity index (χ0v) is 11.7. The van der Waals surface area contributed by atoms with Gasteiger partial charge in [0.25, 0.3) is 0 Å². The number of hydrogen-bond acceptors (Lipinski definition) is 5. The molecule has 1 aliphatic heterocycles. The highest BCUT2D eigenvalue weighted by atomic mass is 35.5. The summed E-state index contributed by atoms with van der Waals surface area (Å²) in [6.45, 7) is 2.62. The van der Waals surface area contributed by atoms with Crippen molar-refractivity contribution in [1.29, 1.82) is 0 Å². The quantitative estimate of drug-likeness (QED) is 0.879. The maximum absolute atomic E-state index is 6.18. The van der Waals surface area contributed by atoms with E-state index in [-0.39, 0.29) is 6.17 Å². The highest BCUT2D eigenvalue weighted by Crippen LogP contribution is 2.25. The zero-order valence-electron chi connectivity index (χ0n) is 11.0. The van der Waals surface area contributed by atoms with E-state index in [4.69, 9.17) is 23.1 Å². The number of fused-ring (bicyclic) bond motifs is 1. The fourth-order valence-corrected chi connectivity index (χ4v) is 2.36. The van der Waals surface area contributed by atoms with Gasteiger partial charge in [-0.15, -0.1) is 10.2 Å². The Kier molecular flexibility index (Phi) is 3.11. The van der Waals surface area contributed by atoms with Gasteiger partial charge < -0.3 is 16.4 Å². The van der Waals surface area contributed by atoms with Gasteiger partial charge in [0.1, 0.15) is 6.17 Å². The lowest BCUT2D eigenvalue weighted by Gasteiger charge is -2.30. The van der Waals surface area contributed by atoms with E-state index in [9.17, 15) is 0 Å². The fraction of sp³-hybridized carbons (Fsp3) is 0.231. The van der Waals surface area contributed by atoms with E-state index in [2.05, 4.69) is 10.2 Å². The monoisotopic (exact) mass is 290 g/mol. The van der Waals surface area contributed by atoms with Crippen LogP contribution in [0.25, 0.3) is 6.20 Å². The summed E-state index contributed by atoms with van der Waals surface area (Å²) in [5.74, 6) is 0.966. The number of hydrogen-bond donors (Lipinski definition) is 2. The second kappa shape index (κ2) is 4.81. The summed E-state index contributed by atoms with van der Waals surface area (Å²) >= 11 is 6.14. The molecule has 3 rings (SSSR count). The van der Waals surface area contributed by atoms with Crippen molar-refractivity contribution in [3.05, 3.63) is 46.4 Å². The molecule has 0 amide bonds. The van der Waals surface area contributed by atoms with Crippen LogP contribution in [0.5, 0.6) is 0 Å². The normalized spacial score (nSPS) is 17.4. The molecule has 20 heavy (non-hydrogen) atoms. The first-order valence-electron chi connectivity index (χ1n) is 6.21. The van der Waals surface area contributed by atoms with Crippen molar-refractivity contribution in [2.75, 3.05) is 5.73 Å². The molecule has 2 heterocycles. The average molecular weight is 291 g/mol. The number of aromatic nitrogens is 3. The molecule has 0 bridgehead atoms. The molecular formula is C13H15ClN6. The van der Waals surface area contributed by atoms with Gasteiger partial charge >= 0.3 is 0 Å².